The molecule has 0 nitrogen and oxygen atoms in total. The largest absolute Gasteiger partial charge is 0.144 e. The molecule has 0 aliphatic carbocycles. The zero-order chi connectivity index (χ0) is 9.84. The van der Waals surface area contributed by atoms with E-state index < -0.39 is 0 Å². The Morgan fingerprint density at radius 1 is 1.08 bits per heavy atom. The Kier molecular flexibility index (Phi) is 3.49. The van der Waals surface area contributed by atoms with E-state index in [0.29, 0.717) is 0 Å². The third-order valence-corrected chi connectivity index (χ3v) is 3.00. The topological polar surface area (TPSA) is 0 Å². The minimum absolute atomic E-state index is 1.35. The van der Waals surface area contributed by atoms with Crippen LogP contribution in [0.5, 0.6) is 0 Å². The zero-order valence-electron chi connectivity index (χ0n) is 8.72. The first-order valence-corrected chi connectivity index (χ1v) is 5.60. The van der Waals surface area contributed by atoms with Gasteiger partial charge in [-0.25, -0.2) is 0 Å². The van der Waals surface area contributed by atoms with E-state index in [1.807, 2.05) is 25.2 Å². The summed E-state index contributed by atoms with van der Waals surface area (Å²) in [6.07, 6.45) is 0. The highest BCUT2D eigenvalue weighted by atomic mass is 32.1. The number of fused-ring (bicyclic) bond motifs is 1. The van der Waals surface area contributed by atoms with Crippen LogP contribution in [-0.4, -0.2) is 0 Å². The average Bonchev–Trinajstić information content (AvgIpc) is 2.52. The second-order valence-electron chi connectivity index (χ2n) is 2.92. The van der Waals surface area contributed by atoms with E-state index in [4.69, 9.17) is 0 Å². The van der Waals surface area contributed by atoms with Crippen molar-refractivity contribution < 1.29 is 0 Å². The van der Waals surface area contributed by atoms with Crippen LogP contribution in [0.1, 0.15) is 25.0 Å². The summed E-state index contributed by atoms with van der Waals surface area (Å²) in [5.74, 6) is 0. The van der Waals surface area contributed by atoms with Crippen molar-refractivity contribution in [3.05, 3.63) is 34.7 Å². The maximum atomic E-state index is 2.25. The second-order valence-corrected chi connectivity index (χ2v) is 3.83. The molecule has 1 aromatic carbocycles. The van der Waals surface area contributed by atoms with Crippen molar-refractivity contribution in [2.24, 2.45) is 0 Å². The molecule has 0 saturated heterocycles. The SMILES string of the molecule is CC.Cc1ccc2scc(C)c2c1. The molecule has 0 aliphatic rings. The summed E-state index contributed by atoms with van der Waals surface area (Å²) in [5.41, 5.74) is 2.74. The van der Waals surface area contributed by atoms with Gasteiger partial charge in [-0.3, -0.25) is 0 Å². The predicted octanol–water partition coefficient (Wildman–Crippen LogP) is 4.54. The van der Waals surface area contributed by atoms with Gasteiger partial charge in [0.25, 0.3) is 0 Å². The third-order valence-electron chi connectivity index (χ3n) is 1.92. The van der Waals surface area contributed by atoms with E-state index in [1.165, 1.54) is 21.2 Å². The van der Waals surface area contributed by atoms with Crippen LogP contribution in [0.3, 0.4) is 0 Å². The van der Waals surface area contributed by atoms with Gasteiger partial charge in [0.2, 0.25) is 0 Å². The van der Waals surface area contributed by atoms with E-state index in [2.05, 4.69) is 37.4 Å². The van der Waals surface area contributed by atoms with E-state index in [0.717, 1.165) is 0 Å². The number of rotatable bonds is 0. The lowest BCUT2D eigenvalue weighted by Gasteiger charge is -1.92. The number of aryl methyl sites for hydroxylation is 2. The number of hydrogen-bond donors (Lipinski definition) is 0. The van der Waals surface area contributed by atoms with Gasteiger partial charge < -0.3 is 0 Å². The molecule has 0 aliphatic heterocycles. The number of hydrogen-bond acceptors (Lipinski definition) is 1. The maximum absolute atomic E-state index is 2.25. The van der Waals surface area contributed by atoms with Gasteiger partial charge in [0, 0.05) is 4.70 Å². The molecule has 0 saturated carbocycles. The van der Waals surface area contributed by atoms with Gasteiger partial charge >= 0.3 is 0 Å². The van der Waals surface area contributed by atoms with Crippen molar-refractivity contribution >= 4 is 21.4 Å². The Morgan fingerprint density at radius 2 is 1.77 bits per heavy atom. The third kappa shape index (κ3) is 2.10. The molecule has 0 N–H and O–H groups in total. The first kappa shape index (κ1) is 10.3. The molecule has 2 aromatic rings. The molecule has 70 valence electrons. The summed E-state index contributed by atoms with van der Waals surface area (Å²) in [7, 11) is 0. The Balaban J connectivity index is 0.000000396. The van der Waals surface area contributed by atoms with E-state index >= 15 is 0 Å². The standard InChI is InChI=1S/C10H10S.C2H6/c1-7-3-4-10-9(5-7)8(2)6-11-10;1-2/h3-6H,1-2H3;1-2H3. The fraction of sp³-hybridized carbons (Fsp3) is 0.333. The first-order chi connectivity index (χ1) is 6.27. The summed E-state index contributed by atoms with van der Waals surface area (Å²) in [6, 6.07) is 6.61. The molecule has 1 heteroatoms. The molecule has 0 fully saturated rings. The second kappa shape index (κ2) is 4.43. The molecular weight excluding hydrogens is 176 g/mol. The summed E-state index contributed by atoms with van der Waals surface area (Å²) in [4.78, 5) is 0. The summed E-state index contributed by atoms with van der Waals surface area (Å²) >= 11 is 1.82. The Labute approximate surface area is 84.2 Å². The van der Waals surface area contributed by atoms with Gasteiger partial charge in [0.05, 0.1) is 0 Å². The lowest BCUT2D eigenvalue weighted by molar-refractivity contribution is 1.50. The van der Waals surface area contributed by atoms with Gasteiger partial charge in [-0.1, -0.05) is 31.5 Å². The maximum Gasteiger partial charge on any atom is 0.0345 e. The lowest BCUT2D eigenvalue weighted by atomic mass is 10.1. The van der Waals surface area contributed by atoms with Crippen molar-refractivity contribution in [3.63, 3.8) is 0 Å². The molecule has 1 heterocycles. The van der Waals surface area contributed by atoms with Crippen molar-refractivity contribution in [2.75, 3.05) is 0 Å². The van der Waals surface area contributed by atoms with Crippen LogP contribution < -0.4 is 0 Å². The van der Waals surface area contributed by atoms with Crippen LogP contribution in [0.4, 0.5) is 0 Å². The van der Waals surface area contributed by atoms with Crippen LogP contribution in [-0.2, 0) is 0 Å². The van der Waals surface area contributed by atoms with Crippen molar-refractivity contribution in [1.29, 1.82) is 0 Å². The van der Waals surface area contributed by atoms with Crippen LogP contribution in [0, 0.1) is 13.8 Å². The highest BCUT2D eigenvalue weighted by molar-refractivity contribution is 7.17. The van der Waals surface area contributed by atoms with E-state index in [1.54, 1.807) is 0 Å². The fourth-order valence-electron chi connectivity index (χ4n) is 1.27. The average molecular weight is 192 g/mol. The van der Waals surface area contributed by atoms with Crippen LogP contribution >= 0.6 is 11.3 Å². The van der Waals surface area contributed by atoms with Gasteiger partial charge in [-0.15, -0.1) is 11.3 Å². The minimum atomic E-state index is 1.35. The Hall–Kier alpha value is -0.820. The van der Waals surface area contributed by atoms with Crippen molar-refractivity contribution in [2.45, 2.75) is 27.7 Å². The van der Waals surface area contributed by atoms with Gasteiger partial charge in [0.15, 0.2) is 0 Å². The van der Waals surface area contributed by atoms with Gasteiger partial charge in [-0.2, -0.15) is 0 Å². The first-order valence-electron chi connectivity index (χ1n) is 4.72. The van der Waals surface area contributed by atoms with E-state index in [-0.39, 0.29) is 0 Å². The fourth-order valence-corrected chi connectivity index (χ4v) is 2.19. The van der Waals surface area contributed by atoms with E-state index in [9.17, 15) is 0 Å². The molecule has 0 bridgehead atoms. The van der Waals surface area contributed by atoms with Gasteiger partial charge in [0.1, 0.15) is 0 Å². The predicted molar refractivity (Wildman–Crippen MR) is 62.6 cm³/mol. The number of benzene rings is 1. The highest BCUT2D eigenvalue weighted by Gasteiger charge is 1.97. The smallest absolute Gasteiger partial charge is 0.0345 e. The van der Waals surface area contributed by atoms with Crippen molar-refractivity contribution in [3.8, 4) is 0 Å². The quantitative estimate of drug-likeness (QED) is 0.574. The van der Waals surface area contributed by atoms with Crippen LogP contribution in [0.15, 0.2) is 23.6 Å². The Bertz CT molecular complexity index is 385. The molecule has 0 radical (unpaired) electrons. The molecule has 0 amide bonds. The molecule has 0 spiro atoms. The monoisotopic (exact) mass is 192 g/mol. The number of thiophene rings is 1. The molecule has 0 atom stereocenters. The van der Waals surface area contributed by atoms with Crippen LogP contribution in [0.2, 0.25) is 0 Å². The summed E-state index contributed by atoms with van der Waals surface area (Å²) in [5, 5.41) is 3.62. The Morgan fingerprint density at radius 3 is 2.46 bits per heavy atom. The lowest BCUT2D eigenvalue weighted by Crippen LogP contribution is -1.70. The summed E-state index contributed by atoms with van der Waals surface area (Å²) in [6.45, 7) is 8.30. The van der Waals surface area contributed by atoms with Crippen molar-refractivity contribution in [1.82, 2.24) is 0 Å². The van der Waals surface area contributed by atoms with Crippen LogP contribution in [0.25, 0.3) is 10.1 Å². The highest BCUT2D eigenvalue weighted by Crippen LogP contribution is 2.25. The molecule has 2 rings (SSSR count). The minimum Gasteiger partial charge on any atom is -0.144 e. The summed E-state index contributed by atoms with van der Waals surface area (Å²) < 4.78 is 1.40. The normalized spacial score (nSPS) is 9.54. The molecule has 1 aromatic heterocycles. The molecule has 13 heavy (non-hydrogen) atoms. The van der Waals surface area contributed by atoms with Gasteiger partial charge in [-0.05, 0) is 36.2 Å². The molecule has 0 unspecified atom stereocenters. The zero-order valence-corrected chi connectivity index (χ0v) is 9.53. The molecular formula is C12H16S.